The average Bonchev–Trinajstić information content (AvgIpc) is 2.72. The SMILES string of the molecule is CNCC1CCN(Cc2c(F)cccc2Cl)C1. The molecule has 17 heavy (non-hydrogen) atoms. The van der Waals surface area contributed by atoms with Gasteiger partial charge in [0.2, 0.25) is 0 Å². The van der Waals surface area contributed by atoms with E-state index in [1.165, 1.54) is 12.5 Å². The fraction of sp³-hybridized carbons (Fsp3) is 0.538. The van der Waals surface area contributed by atoms with Crippen molar-refractivity contribution in [2.75, 3.05) is 26.7 Å². The first kappa shape index (κ1) is 12.8. The Bertz CT molecular complexity index is 363. The number of halogens is 2. The first-order valence-electron chi connectivity index (χ1n) is 6.00. The molecule has 0 spiro atoms. The van der Waals surface area contributed by atoms with Crippen LogP contribution >= 0.6 is 11.6 Å². The van der Waals surface area contributed by atoms with E-state index in [0.717, 1.165) is 19.6 Å². The quantitative estimate of drug-likeness (QED) is 0.891. The highest BCUT2D eigenvalue weighted by atomic mass is 35.5. The molecule has 1 saturated heterocycles. The zero-order chi connectivity index (χ0) is 12.3. The highest BCUT2D eigenvalue weighted by Crippen LogP contribution is 2.24. The van der Waals surface area contributed by atoms with Gasteiger partial charge in [-0.1, -0.05) is 17.7 Å². The molecule has 2 nitrogen and oxygen atoms in total. The maximum Gasteiger partial charge on any atom is 0.129 e. The molecule has 0 radical (unpaired) electrons. The van der Waals surface area contributed by atoms with Crippen molar-refractivity contribution in [3.8, 4) is 0 Å². The summed E-state index contributed by atoms with van der Waals surface area (Å²) in [6, 6.07) is 4.87. The zero-order valence-corrected chi connectivity index (χ0v) is 10.8. The highest BCUT2D eigenvalue weighted by Gasteiger charge is 2.23. The van der Waals surface area contributed by atoms with Crippen molar-refractivity contribution in [1.29, 1.82) is 0 Å². The van der Waals surface area contributed by atoms with E-state index in [-0.39, 0.29) is 5.82 Å². The van der Waals surface area contributed by atoms with Gasteiger partial charge in [-0.3, -0.25) is 4.90 Å². The molecule has 0 aromatic heterocycles. The third-order valence-electron chi connectivity index (χ3n) is 3.31. The Morgan fingerprint density at radius 1 is 1.53 bits per heavy atom. The van der Waals surface area contributed by atoms with Crippen LogP contribution < -0.4 is 5.32 Å². The Balaban J connectivity index is 1.98. The Hall–Kier alpha value is -0.640. The van der Waals surface area contributed by atoms with Gasteiger partial charge in [-0.25, -0.2) is 4.39 Å². The minimum absolute atomic E-state index is 0.199. The summed E-state index contributed by atoms with van der Waals surface area (Å²) in [6.45, 7) is 3.69. The van der Waals surface area contributed by atoms with Crippen LogP contribution in [0.15, 0.2) is 18.2 Å². The Labute approximate surface area is 107 Å². The second-order valence-electron chi connectivity index (χ2n) is 4.65. The Morgan fingerprint density at radius 3 is 3.06 bits per heavy atom. The van der Waals surface area contributed by atoms with Gasteiger partial charge < -0.3 is 5.32 Å². The smallest absolute Gasteiger partial charge is 0.129 e. The lowest BCUT2D eigenvalue weighted by atomic mass is 10.1. The molecule has 94 valence electrons. The van der Waals surface area contributed by atoms with Gasteiger partial charge in [0, 0.05) is 23.7 Å². The van der Waals surface area contributed by atoms with Gasteiger partial charge in [-0.2, -0.15) is 0 Å². The molecule has 1 atom stereocenters. The Morgan fingerprint density at radius 2 is 2.35 bits per heavy atom. The van der Waals surface area contributed by atoms with Gasteiger partial charge in [0.15, 0.2) is 0 Å². The van der Waals surface area contributed by atoms with Crippen LogP contribution in [0.2, 0.25) is 5.02 Å². The van der Waals surface area contributed by atoms with Crippen LogP contribution in [-0.4, -0.2) is 31.6 Å². The molecule has 1 aliphatic rings. The van der Waals surface area contributed by atoms with Crippen molar-refractivity contribution in [2.45, 2.75) is 13.0 Å². The van der Waals surface area contributed by atoms with E-state index in [2.05, 4.69) is 10.2 Å². The minimum Gasteiger partial charge on any atom is -0.319 e. The first-order valence-corrected chi connectivity index (χ1v) is 6.38. The fourth-order valence-corrected chi connectivity index (χ4v) is 2.64. The number of hydrogen-bond donors (Lipinski definition) is 1. The lowest BCUT2D eigenvalue weighted by Crippen LogP contribution is -2.24. The van der Waals surface area contributed by atoms with Crippen molar-refractivity contribution in [1.82, 2.24) is 10.2 Å². The largest absolute Gasteiger partial charge is 0.319 e. The predicted molar refractivity (Wildman–Crippen MR) is 68.7 cm³/mol. The summed E-state index contributed by atoms with van der Waals surface area (Å²) in [5, 5.41) is 3.72. The van der Waals surface area contributed by atoms with E-state index >= 15 is 0 Å². The highest BCUT2D eigenvalue weighted by molar-refractivity contribution is 6.31. The van der Waals surface area contributed by atoms with Crippen molar-refractivity contribution in [3.63, 3.8) is 0 Å². The van der Waals surface area contributed by atoms with Gasteiger partial charge in [0.05, 0.1) is 0 Å². The summed E-state index contributed by atoms with van der Waals surface area (Å²) < 4.78 is 13.6. The van der Waals surface area contributed by atoms with Gasteiger partial charge in [0.25, 0.3) is 0 Å². The maximum atomic E-state index is 13.6. The molecule has 1 aliphatic heterocycles. The van der Waals surface area contributed by atoms with Crippen molar-refractivity contribution >= 4 is 11.6 Å². The number of benzene rings is 1. The van der Waals surface area contributed by atoms with Gasteiger partial charge in [-0.05, 0) is 44.6 Å². The summed E-state index contributed by atoms with van der Waals surface area (Å²) in [5.41, 5.74) is 0.624. The van der Waals surface area contributed by atoms with Crippen LogP contribution in [0.1, 0.15) is 12.0 Å². The molecule has 1 N–H and O–H groups in total. The molecule has 0 bridgehead atoms. The van der Waals surface area contributed by atoms with E-state index < -0.39 is 0 Å². The monoisotopic (exact) mass is 256 g/mol. The second kappa shape index (κ2) is 5.80. The minimum atomic E-state index is -0.199. The number of likely N-dealkylation sites (tertiary alicyclic amines) is 1. The van der Waals surface area contributed by atoms with Gasteiger partial charge in [-0.15, -0.1) is 0 Å². The standard InChI is InChI=1S/C13H18ClFN2/c1-16-7-10-5-6-17(8-10)9-11-12(14)3-2-4-13(11)15/h2-4,10,16H,5-9H2,1H3. The lowest BCUT2D eigenvalue weighted by molar-refractivity contribution is 0.310. The summed E-state index contributed by atoms with van der Waals surface area (Å²) in [5.74, 6) is 0.472. The summed E-state index contributed by atoms with van der Waals surface area (Å²) in [4.78, 5) is 2.27. The molecular formula is C13H18ClFN2. The molecule has 1 aromatic carbocycles. The summed E-state index contributed by atoms with van der Waals surface area (Å²) in [6.07, 6.45) is 1.17. The second-order valence-corrected chi connectivity index (χ2v) is 5.05. The van der Waals surface area contributed by atoms with Crippen LogP contribution in [0, 0.1) is 11.7 Å². The van der Waals surface area contributed by atoms with Crippen LogP contribution in [-0.2, 0) is 6.54 Å². The van der Waals surface area contributed by atoms with Crippen LogP contribution in [0.3, 0.4) is 0 Å². The number of nitrogens with one attached hydrogen (secondary N) is 1. The number of hydrogen-bond acceptors (Lipinski definition) is 2. The maximum absolute atomic E-state index is 13.6. The van der Waals surface area contributed by atoms with Crippen LogP contribution in [0.5, 0.6) is 0 Å². The summed E-state index contributed by atoms with van der Waals surface area (Å²) in [7, 11) is 1.97. The molecule has 1 heterocycles. The zero-order valence-electron chi connectivity index (χ0n) is 10.0. The van der Waals surface area contributed by atoms with Crippen molar-refractivity contribution in [3.05, 3.63) is 34.6 Å². The third-order valence-corrected chi connectivity index (χ3v) is 3.66. The molecule has 1 aromatic rings. The molecule has 0 amide bonds. The molecule has 0 saturated carbocycles. The van der Waals surface area contributed by atoms with E-state index in [9.17, 15) is 4.39 Å². The molecule has 0 aliphatic carbocycles. The summed E-state index contributed by atoms with van der Waals surface area (Å²) >= 11 is 6.03. The van der Waals surface area contributed by atoms with Crippen LogP contribution in [0.4, 0.5) is 4.39 Å². The van der Waals surface area contributed by atoms with Gasteiger partial charge in [0.1, 0.15) is 5.82 Å². The average molecular weight is 257 g/mol. The Kier molecular flexibility index (Phi) is 4.37. The normalized spacial score (nSPS) is 21.0. The third kappa shape index (κ3) is 3.18. The molecular weight excluding hydrogens is 239 g/mol. The van der Waals surface area contributed by atoms with E-state index in [0.29, 0.717) is 23.0 Å². The van der Waals surface area contributed by atoms with Crippen LogP contribution in [0.25, 0.3) is 0 Å². The van der Waals surface area contributed by atoms with Crippen molar-refractivity contribution in [2.24, 2.45) is 5.92 Å². The predicted octanol–water partition coefficient (Wildman–Crippen LogP) is 2.52. The number of rotatable bonds is 4. The molecule has 4 heteroatoms. The van der Waals surface area contributed by atoms with Gasteiger partial charge >= 0.3 is 0 Å². The molecule has 1 unspecified atom stereocenters. The topological polar surface area (TPSA) is 15.3 Å². The van der Waals surface area contributed by atoms with Crippen molar-refractivity contribution < 1.29 is 4.39 Å². The number of nitrogens with zero attached hydrogens (tertiary/aromatic N) is 1. The molecule has 2 rings (SSSR count). The van der Waals surface area contributed by atoms with E-state index in [1.807, 2.05) is 7.05 Å². The lowest BCUT2D eigenvalue weighted by Gasteiger charge is -2.17. The molecule has 1 fully saturated rings. The van der Waals surface area contributed by atoms with E-state index in [1.54, 1.807) is 12.1 Å². The fourth-order valence-electron chi connectivity index (χ4n) is 2.42. The van der Waals surface area contributed by atoms with E-state index in [4.69, 9.17) is 11.6 Å². The first-order chi connectivity index (χ1) is 8.20.